The summed E-state index contributed by atoms with van der Waals surface area (Å²) in [6.45, 7) is 5.65. The lowest BCUT2D eigenvalue weighted by Gasteiger charge is -2.24. The van der Waals surface area contributed by atoms with Crippen LogP contribution in [-0.2, 0) is 27.9 Å². The minimum absolute atomic E-state index is 0.0903. The molecule has 0 saturated heterocycles. The van der Waals surface area contributed by atoms with Crippen molar-refractivity contribution in [3.63, 3.8) is 0 Å². The molecule has 0 saturated carbocycles. The summed E-state index contributed by atoms with van der Waals surface area (Å²) < 4.78 is 35.0. The first kappa shape index (κ1) is 53.2. The number of rotatable bonds is 43. The molecule has 0 rings (SSSR count). The molecule has 0 spiro atoms. The number of quaternary nitrogens is 1. The van der Waals surface area contributed by atoms with Crippen LogP contribution in [0.5, 0.6) is 0 Å². The molecule has 322 valence electrons. The fourth-order valence-electron chi connectivity index (χ4n) is 6.49. The van der Waals surface area contributed by atoms with Gasteiger partial charge in [-0.3, -0.25) is 13.8 Å². The van der Waals surface area contributed by atoms with Crippen LogP contribution < -0.4 is 0 Å². The monoisotopic (exact) mass is 789 g/mol. The van der Waals surface area contributed by atoms with E-state index in [1.165, 1.54) is 154 Å². The van der Waals surface area contributed by atoms with E-state index in [1.807, 2.05) is 21.1 Å². The zero-order valence-electron chi connectivity index (χ0n) is 36.5. The molecule has 0 aliphatic rings. The first-order valence-corrected chi connectivity index (χ1v) is 24.4. The number of phosphoric ester groups is 1. The molecule has 8 nitrogen and oxygen atoms in total. The van der Waals surface area contributed by atoms with Crippen molar-refractivity contribution >= 4 is 13.8 Å². The topological polar surface area (TPSA) is 91.3 Å². The molecule has 0 aromatic carbocycles. The zero-order valence-corrected chi connectivity index (χ0v) is 37.4. The summed E-state index contributed by atoms with van der Waals surface area (Å²) in [5.74, 6) is -0.318. The number of hydrogen-bond donors (Lipinski definition) is 1. The third kappa shape index (κ3) is 42.4. The molecule has 0 aromatic rings. The lowest BCUT2D eigenvalue weighted by atomic mass is 10.0. The van der Waals surface area contributed by atoms with Crippen LogP contribution in [0.2, 0.25) is 0 Å². The van der Waals surface area contributed by atoms with E-state index in [2.05, 4.69) is 26.0 Å². The number of carbonyl (C=O) groups excluding carboxylic acids is 1. The molecule has 0 fully saturated rings. The summed E-state index contributed by atoms with van der Waals surface area (Å²) in [5, 5.41) is 0. The highest BCUT2D eigenvalue weighted by Gasteiger charge is 2.26. The molecule has 0 radical (unpaired) electrons. The Kier molecular flexibility index (Phi) is 38.5. The molecule has 0 amide bonds. The second-order valence-corrected chi connectivity index (χ2v) is 18.2. The molecular formula is C45H91NO7P+. The van der Waals surface area contributed by atoms with Gasteiger partial charge in [-0.2, -0.15) is 0 Å². The molecule has 0 aromatic heterocycles. The van der Waals surface area contributed by atoms with Crippen LogP contribution in [-0.4, -0.2) is 75.6 Å². The largest absolute Gasteiger partial charge is 0.472 e. The average Bonchev–Trinajstić information content (AvgIpc) is 3.12. The highest BCUT2D eigenvalue weighted by Crippen LogP contribution is 2.43. The molecule has 2 atom stereocenters. The van der Waals surface area contributed by atoms with Gasteiger partial charge in [-0.25, -0.2) is 4.57 Å². The zero-order chi connectivity index (χ0) is 39.9. The van der Waals surface area contributed by atoms with E-state index < -0.39 is 13.9 Å². The van der Waals surface area contributed by atoms with E-state index >= 15 is 0 Å². The first-order chi connectivity index (χ1) is 26.1. The Morgan fingerprint density at radius 3 is 1.41 bits per heavy atom. The van der Waals surface area contributed by atoms with Gasteiger partial charge in [-0.05, 0) is 38.5 Å². The average molecular weight is 789 g/mol. The van der Waals surface area contributed by atoms with Crippen molar-refractivity contribution in [2.45, 2.75) is 219 Å². The Morgan fingerprint density at radius 2 is 0.963 bits per heavy atom. The maximum Gasteiger partial charge on any atom is 0.472 e. The number of likely N-dealkylation sites (N-methyl/N-ethyl adjacent to an activating group) is 1. The molecule has 54 heavy (non-hydrogen) atoms. The number of ether oxygens (including phenoxy) is 2. The molecule has 0 aliphatic heterocycles. The molecule has 0 bridgehead atoms. The number of unbranched alkanes of at least 4 members (excludes halogenated alkanes) is 27. The van der Waals surface area contributed by atoms with Crippen molar-refractivity contribution in [2.24, 2.45) is 0 Å². The minimum Gasteiger partial charge on any atom is -0.457 e. The Hall–Kier alpha value is -0.760. The maximum atomic E-state index is 12.7. The van der Waals surface area contributed by atoms with Crippen LogP contribution >= 0.6 is 7.82 Å². The van der Waals surface area contributed by atoms with E-state index in [0.29, 0.717) is 24.1 Å². The summed E-state index contributed by atoms with van der Waals surface area (Å²) in [6.07, 6.45) is 42.4. The SMILES string of the molecule is CCCCCCCC/C=C\CCCCCCCC(=O)OC(COCCCCCCCCCCCCCCCCCCC)COP(=O)(O)OCC[N+](C)(C)C. The second kappa shape index (κ2) is 39.1. The lowest BCUT2D eigenvalue weighted by Crippen LogP contribution is -2.37. The molecule has 2 unspecified atom stereocenters. The number of nitrogens with zero attached hydrogens (tertiary/aromatic N) is 1. The van der Waals surface area contributed by atoms with Gasteiger partial charge in [-0.15, -0.1) is 0 Å². The predicted molar refractivity (Wildman–Crippen MR) is 229 cm³/mol. The van der Waals surface area contributed by atoms with Crippen molar-refractivity contribution in [1.29, 1.82) is 0 Å². The Balaban J connectivity index is 4.19. The predicted octanol–water partition coefficient (Wildman–Crippen LogP) is 13.4. The van der Waals surface area contributed by atoms with Crippen LogP contribution in [0.1, 0.15) is 213 Å². The van der Waals surface area contributed by atoms with Gasteiger partial charge in [0.15, 0.2) is 0 Å². The molecule has 1 N–H and O–H groups in total. The normalized spacial score (nSPS) is 13.8. The van der Waals surface area contributed by atoms with E-state index in [1.54, 1.807) is 0 Å². The summed E-state index contributed by atoms with van der Waals surface area (Å²) in [5.41, 5.74) is 0. The van der Waals surface area contributed by atoms with E-state index in [-0.39, 0.29) is 25.8 Å². The van der Waals surface area contributed by atoms with Gasteiger partial charge in [0.05, 0.1) is 34.4 Å². The van der Waals surface area contributed by atoms with Crippen LogP contribution in [0.3, 0.4) is 0 Å². The van der Waals surface area contributed by atoms with Gasteiger partial charge in [0.25, 0.3) is 0 Å². The summed E-state index contributed by atoms with van der Waals surface area (Å²) in [4.78, 5) is 22.9. The van der Waals surface area contributed by atoms with Crippen molar-refractivity contribution in [2.75, 3.05) is 54.1 Å². The fourth-order valence-corrected chi connectivity index (χ4v) is 7.23. The van der Waals surface area contributed by atoms with Gasteiger partial charge in [0, 0.05) is 13.0 Å². The summed E-state index contributed by atoms with van der Waals surface area (Å²) >= 11 is 0. The number of esters is 1. The summed E-state index contributed by atoms with van der Waals surface area (Å²) in [7, 11) is 1.67. The van der Waals surface area contributed by atoms with Crippen molar-refractivity contribution in [3.8, 4) is 0 Å². The third-order valence-electron chi connectivity index (χ3n) is 10.1. The van der Waals surface area contributed by atoms with E-state index in [9.17, 15) is 14.3 Å². The molecule has 9 heteroatoms. The van der Waals surface area contributed by atoms with Gasteiger partial charge in [-0.1, -0.05) is 180 Å². The molecular weight excluding hydrogens is 697 g/mol. The summed E-state index contributed by atoms with van der Waals surface area (Å²) in [6, 6.07) is 0. The molecule has 0 aliphatic carbocycles. The van der Waals surface area contributed by atoms with Crippen molar-refractivity contribution < 1.29 is 37.3 Å². The highest BCUT2D eigenvalue weighted by atomic mass is 31.2. The van der Waals surface area contributed by atoms with Gasteiger partial charge >= 0.3 is 13.8 Å². The lowest BCUT2D eigenvalue weighted by molar-refractivity contribution is -0.870. The van der Waals surface area contributed by atoms with Gasteiger partial charge < -0.3 is 18.9 Å². The smallest absolute Gasteiger partial charge is 0.457 e. The van der Waals surface area contributed by atoms with Crippen LogP contribution in [0.15, 0.2) is 12.2 Å². The second-order valence-electron chi connectivity index (χ2n) is 16.8. The van der Waals surface area contributed by atoms with E-state index in [4.69, 9.17) is 18.5 Å². The number of hydrogen-bond acceptors (Lipinski definition) is 6. The number of phosphoric acid groups is 1. The number of carbonyl (C=O) groups is 1. The van der Waals surface area contributed by atoms with E-state index in [0.717, 1.165) is 38.5 Å². The first-order valence-electron chi connectivity index (χ1n) is 22.9. The van der Waals surface area contributed by atoms with Crippen molar-refractivity contribution in [1.82, 2.24) is 0 Å². The Morgan fingerprint density at radius 1 is 0.556 bits per heavy atom. The van der Waals surface area contributed by atoms with Gasteiger partial charge in [0.1, 0.15) is 19.3 Å². The maximum absolute atomic E-state index is 12.7. The highest BCUT2D eigenvalue weighted by molar-refractivity contribution is 7.47. The van der Waals surface area contributed by atoms with Crippen LogP contribution in [0, 0.1) is 0 Å². The minimum atomic E-state index is -4.27. The molecule has 0 heterocycles. The standard InChI is InChI=1S/C45H90NO7P/c1-6-8-10-12-14-16-18-20-22-23-25-27-29-31-33-35-37-40-50-42-44(43-52-54(48,49)51-41-39-46(3,4)5)53-45(47)38-36-34-32-30-28-26-24-21-19-17-15-13-11-9-7-2/h21,24,44H,6-20,22-23,25-43H2,1-5H3/p+1/b24-21-. The van der Waals surface area contributed by atoms with Crippen LogP contribution in [0.4, 0.5) is 0 Å². The van der Waals surface area contributed by atoms with Gasteiger partial charge in [0.2, 0.25) is 0 Å². The quantitative estimate of drug-likeness (QED) is 0.0216. The fraction of sp³-hybridized carbons (Fsp3) is 0.933. The number of allylic oxidation sites excluding steroid dienone is 2. The Bertz CT molecular complexity index is 879. The third-order valence-corrected chi connectivity index (χ3v) is 11.1. The Labute approximate surface area is 335 Å². The van der Waals surface area contributed by atoms with Crippen molar-refractivity contribution in [3.05, 3.63) is 12.2 Å². The van der Waals surface area contributed by atoms with Crippen LogP contribution in [0.25, 0.3) is 0 Å².